The molecule has 1 aromatic heterocycles. The van der Waals surface area contributed by atoms with Gasteiger partial charge < -0.3 is 10.1 Å². The van der Waals surface area contributed by atoms with Crippen LogP contribution in [0.5, 0.6) is 11.6 Å². The fourth-order valence-electron chi connectivity index (χ4n) is 1.40. The summed E-state index contributed by atoms with van der Waals surface area (Å²) in [6, 6.07) is 5.78. The van der Waals surface area contributed by atoms with Gasteiger partial charge in [-0.05, 0) is 30.8 Å². The molecule has 0 amide bonds. The Balaban J connectivity index is 2.06. The predicted molar refractivity (Wildman–Crippen MR) is 65.9 cm³/mol. The van der Waals surface area contributed by atoms with Crippen LogP contribution in [0.4, 0.5) is 4.39 Å². The van der Waals surface area contributed by atoms with Crippen LogP contribution in [-0.4, -0.2) is 16.5 Å². The second-order valence-corrected chi connectivity index (χ2v) is 3.68. The van der Waals surface area contributed by atoms with Crippen LogP contribution in [0.3, 0.4) is 0 Å². The summed E-state index contributed by atoms with van der Waals surface area (Å²) in [7, 11) is 0. The van der Waals surface area contributed by atoms with Crippen molar-refractivity contribution in [3.8, 4) is 11.6 Å². The van der Waals surface area contributed by atoms with Gasteiger partial charge in [0.15, 0.2) is 0 Å². The highest BCUT2D eigenvalue weighted by molar-refractivity contribution is 5.26. The van der Waals surface area contributed by atoms with Crippen LogP contribution in [-0.2, 0) is 6.54 Å². The van der Waals surface area contributed by atoms with E-state index in [9.17, 15) is 4.39 Å². The van der Waals surface area contributed by atoms with E-state index in [4.69, 9.17) is 4.74 Å². The first kappa shape index (κ1) is 12.4. The zero-order chi connectivity index (χ0) is 12.8. The molecule has 2 rings (SSSR count). The molecule has 0 unspecified atom stereocenters. The average molecular weight is 247 g/mol. The normalized spacial score (nSPS) is 10.3. The molecule has 0 atom stereocenters. The van der Waals surface area contributed by atoms with E-state index < -0.39 is 0 Å². The van der Waals surface area contributed by atoms with Gasteiger partial charge in [-0.1, -0.05) is 6.92 Å². The maximum absolute atomic E-state index is 12.7. The molecule has 4 nitrogen and oxygen atoms in total. The highest BCUT2D eigenvalue weighted by Gasteiger charge is 2.01. The molecule has 0 radical (unpaired) electrons. The Morgan fingerprint density at radius 3 is 2.72 bits per heavy atom. The average Bonchev–Trinajstić information content (AvgIpc) is 2.40. The van der Waals surface area contributed by atoms with Crippen molar-refractivity contribution in [3.63, 3.8) is 0 Å². The monoisotopic (exact) mass is 247 g/mol. The summed E-state index contributed by atoms with van der Waals surface area (Å²) in [4.78, 5) is 8.34. The van der Waals surface area contributed by atoms with Crippen molar-refractivity contribution in [2.24, 2.45) is 0 Å². The molecule has 0 aliphatic rings. The number of rotatable bonds is 5. The van der Waals surface area contributed by atoms with Gasteiger partial charge in [0, 0.05) is 12.7 Å². The van der Waals surface area contributed by atoms with E-state index in [1.54, 1.807) is 18.3 Å². The highest BCUT2D eigenvalue weighted by Crippen LogP contribution is 2.18. The number of nitrogens with one attached hydrogen (secondary N) is 1. The molecule has 2 aromatic rings. The molecule has 1 aromatic carbocycles. The molecule has 0 aliphatic carbocycles. The summed E-state index contributed by atoms with van der Waals surface area (Å²) < 4.78 is 18.2. The van der Waals surface area contributed by atoms with Crippen molar-refractivity contribution in [1.29, 1.82) is 0 Å². The number of nitrogens with zero attached hydrogens (tertiary/aromatic N) is 2. The molecule has 0 saturated carbocycles. The van der Waals surface area contributed by atoms with Crippen LogP contribution in [0, 0.1) is 5.82 Å². The minimum absolute atomic E-state index is 0.297. The Morgan fingerprint density at radius 2 is 2.00 bits per heavy atom. The zero-order valence-electron chi connectivity index (χ0n) is 10.1. The van der Waals surface area contributed by atoms with Crippen LogP contribution in [0.2, 0.25) is 0 Å². The molecule has 0 aliphatic heterocycles. The lowest BCUT2D eigenvalue weighted by molar-refractivity contribution is 0.455. The van der Waals surface area contributed by atoms with E-state index in [0.717, 1.165) is 12.2 Å². The van der Waals surface area contributed by atoms with E-state index in [1.165, 1.54) is 18.3 Å². The number of hydrogen-bond acceptors (Lipinski definition) is 4. The Morgan fingerprint density at radius 1 is 1.22 bits per heavy atom. The lowest BCUT2D eigenvalue weighted by Gasteiger charge is -2.06. The second kappa shape index (κ2) is 6.07. The first-order valence-electron chi connectivity index (χ1n) is 5.73. The van der Waals surface area contributed by atoms with Gasteiger partial charge in [0.05, 0.1) is 11.9 Å². The van der Waals surface area contributed by atoms with E-state index in [2.05, 4.69) is 15.3 Å². The molecular weight excluding hydrogens is 233 g/mol. The van der Waals surface area contributed by atoms with Crippen molar-refractivity contribution in [2.75, 3.05) is 6.54 Å². The Labute approximate surface area is 105 Å². The third-order valence-electron chi connectivity index (χ3n) is 2.25. The predicted octanol–water partition coefficient (Wildman–Crippen LogP) is 2.52. The third-order valence-corrected chi connectivity index (χ3v) is 2.25. The smallest absolute Gasteiger partial charge is 0.238 e. The third kappa shape index (κ3) is 3.49. The van der Waals surface area contributed by atoms with E-state index in [0.29, 0.717) is 18.2 Å². The fourth-order valence-corrected chi connectivity index (χ4v) is 1.40. The Hall–Kier alpha value is -2.01. The number of ether oxygens (including phenoxy) is 1. The molecule has 0 spiro atoms. The number of hydrogen-bond donors (Lipinski definition) is 1. The molecule has 1 N–H and O–H groups in total. The summed E-state index contributed by atoms with van der Waals surface area (Å²) >= 11 is 0. The second-order valence-electron chi connectivity index (χ2n) is 3.68. The fraction of sp³-hybridized carbons (Fsp3) is 0.231. The minimum Gasteiger partial charge on any atom is -0.437 e. The van der Waals surface area contributed by atoms with Gasteiger partial charge in [-0.3, -0.25) is 4.98 Å². The van der Waals surface area contributed by atoms with Crippen LogP contribution >= 0.6 is 0 Å². The quantitative estimate of drug-likeness (QED) is 0.882. The topological polar surface area (TPSA) is 47.0 Å². The molecule has 0 saturated heterocycles. The van der Waals surface area contributed by atoms with Crippen molar-refractivity contribution >= 4 is 0 Å². The van der Waals surface area contributed by atoms with Gasteiger partial charge >= 0.3 is 0 Å². The number of aromatic nitrogens is 2. The summed E-state index contributed by atoms with van der Waals surface area (Å²) in [6.07, 6.45) is 3.21. The first-order chi connectivity index (χ1) is 8.78. The van der Waals surface area contributed by atoms with E-state index >= 15 is 0 Å². The van der Waals surface area contributed by atoms with Gasteiger partial charge in [-0.15, -0.1) is 0 Å². The standard InChI is InChI=1S/C13H14FN3O/c1-2-15-7-11-8-16-9-13(17-11)18-12-5-3-10(14)4-6-12/h3-6,8-9,15H,2,7H2,1H3. The molecule has 94 valence electrons. The van der Waals surface area contributed by atoms with Crippen molar-refractivity contribution in [2.45, 2.75) is 13.5 Å². The van der Waals surface area contributed by atoms with Crippen LogP contribution in [0.15, 0.2) is 36.7 Å². The van der Waals surface area contributed by atoms with Crippen molar-refractivity contribution < 1.29 is 9.13 Å². The van der Waals surface area contributed by atoms with Crippen LogP contribution < -0.4 is 10.1 Å². The SMILES string of the molecule is CCNCc1cncc(Oc2ccc(F)cc2)n1. The highest BCUT2D eigenvalue weighted by atomic mass is 19.1. The molecule has 0 bridgehead atoms. The van der Waals surface area contributed by atoms with Gasteiger partial charge in [-0.2, -0.15) is 0 Å². The lowest BCUT2D eigenvalue weighted by atomic mass is 10.3. The molecule has 18 heavy (non-hydrogen) atoms. The molecular formula is C13H14FN3O. The van der Waals surface area contributed by atoms with Crippen molar-refractivity contribution in [1.82, 2.24) is 15.3 Å². The Kier molecular flexibility index (Phi) is 4.20. The first-order valence-corrected chi connectivity index (χ1v) is 5.73. The van der Waals surface area contributed by atoms with Crippen molar-refractivity contribution in [3.05, 3.63) is 48.2 Å². The Bertz CT molecular complexity index is 502. The van der Waals surface area contributed by atoms with Crippen LogP contribution in [0.1, 0.15) is 12.6 Å². The maximum atomic E-state index is 12.7. The minimum atomic E-state index is -0.297. The number of benzene rings is 1. The molecule has 1 heterocycles. The van der Waals surface area contributed by atoms with Gasteiger partial charge in [0.1, 0.15) is 11.6 Å². The largest absolute Gasteiger partial charge is 0.437 e. The van der Waals surface area contributed by atoms with Gasteiger partial charge in [0.2, 0.25) is 5.88 Å². The van der Waals surface area contributed by atoms with E-state index in [1.807, 2.05) is 6.92 Å². The summed E-state index contributed by atoms with van der Waals surface area (Å²) in [5.74, 6) is 0.637. The number of halogens is 1. The zero-order valence-corrected chi connectivity index (χ0v) is 10.1. The lowest BCUT2D eigenvalue weighted by Crippen LogP contribution is -2.13. The summed E-state index contributed by atoms with van der Waals surface area (Å²) in [6.45, 7) is 3.53. The molecule has 5 heteroatoms. The maximum Gasteiger partial charge on any atom is 0.238 e. The van der Waals surface area contributed by atoms with Gasteiger partial charge in [0.25, 0.3) is 0 Å². The molecule has 0 fully saturated rings. The summed E-state index contributed by atoms with van der Waals surface area (Å²) in [5, 5.41) is 3.16. The van der Waals surface area contributed by atoms with Gasteiger partial charge in [-0.25, -0.2) is 9.37 Å². The van der Waals surface area contributed by atoms with E-state index in [-0.39, 0.29) is 5.82 Å². The summed E-state index contributed by atoms with van der Waals surface area (Å²) in [5.41, 5.74) is 0.802. The van der Waals surface area contributed by atoms with Crippen LogP contribution in [0.25, 0.3) is 0 Å².